The van der Waals surface area contributed by atoms with Crippen molar-refractivity contribution >= 4 is 22.9 Å². The summed E-state index contributed by atoms with van der Waals surface area (Å²) in [5.41, 5.74) is 0.104. The van der Waals surface area contributed by atoms with E-state index in [0.717, 1.165) is 17.7 Å². The second-order valence-electron chi connectivity index (χ2n) is 5.45. The van der Waals surface area contributed by atoms with Crippen LogP contribution in [0.15, 0.2) is 66.0 Å². The van der Waals surface area contributed by atoms with E-state index in [1.807, 2.05) is 30.3 Å². The first-order chi connectivity index (χ1) is 12.4. The number of thiophene rings is 1. The van der Waals surface area contributed by atoms with Crippen LogP contribution in [0.5, 0.6) is 5.75 Å². The number of hydrogen-bond donors (Lipinski definition) is 1. The van der Waals surface area contributed by atoms with E-state index in [0.29, 0.717) is 17.2 Å². The molecule has 0 radical (unpaired) electrons. The van der Waals surface area contributed by atoms with Gasteiger partial charge in [0.15, 0.2) is 0 Å². The van der Waals surface area contributed by atoms with Gasteiger partial charge < -0.3 is 10.1 Å². The molecule has 3 rings (SSSR count). The average molecular weight is 377 g/mol. The second kappa shape index (κ2) is 7.61. The molecule has 0 aliphatic carbocycles. The Labute approximate surface area is 152 Å². The molecular weight excluding hydrogens is 363 g/mol. The number of rotatable bonds is 5. The highest BCUT2D eigenvalue weighted by Gasteiger charge is 2.30. The third-order valence-corrected chi connectivity index (χ3v) is 4.45. The summed E-state index contributed by atoms with van der Waals surface area (Å²) in [7, 11) is 0. The highest BCUT2D eigenvalue weighted by atomic mass is 32.1. The van der Waals surface area contributed by atoms with Gasteiger partial charge in [-0.3, -0.25) is 4.79 Å². The van der Waals surface area contributed by atoms with Crippen molar-refractivity contribution in [2.45, 2.75) is 12.8 Å². The molecule has 0 bridgehead atoms. The minimum absolute atomic E-state index is 0.0975. The molecule has 26 heavy (non-hydrogen) atoms. The fourth-order valence-corrected chi connectivity index (χ4v) is 3.01. The molecule has 0 aliphatic rings. The molecule has 3 nitrogen and oxygen atoms in total. The lowest BCUT2D eigenvalue weighted by Gasteiger charge is -2.09. The van der Waals surface area contributed by atoms with Crippen molar-refractivity contribution in [1.82, 2.24) is 0 Å². The molecule has 1 heterocycles. The summed E-state index contributed by atoms with van der Waals surface area (Å²) in [5.74, 6) is 0.258. The van der Waals surface area contributed by atoms with Crippen molar-refractivity contribution in [3.63, 3.8) is 0 Å². The lowest BCUT2D eigenvalue weighted by molar-refractivity contribution is -0.137. The monoisotopic (exact) mass is 377 g/mol. The van der Waals surface area contributed by atoms with Crippen molar-refractivity contribution in [3.8, 4) is 5.75 Å². The van der Waals surface area contributed by atoms with Gasteiger partial charge in [-0.1, -0.05) is 24.3 Å². The van der Waals surface area contributed by atoms with Crippen LogP contribution in [0.2, 0.25) is 0 Å². The number of ether oxygens (including phenoxy) is 1. The molecule has 1 amide bonds. The van der Waals surface area contributed by atoms with E-state index < -0.39 is 17.6 Å². The highest BCUT2D eigenvalue weighted by Crippen LogP contribution is 2.31. The van der Waals surface area contributed by atoms with Crippen LogP contribution < -0.4 is 10.1 Å². The van der Waals surface area contributed by atoms with Gasteiger partial charge in [-0.05, 0) is 41.8 Å². The molecule has 1 N–H and O–H groups in total. The number of para-hydroxylation sites is 1. The topological polar surface area (TPSA) is 38.3 Å². The van der Waals surface area contributed by atoms with Crippen LogP contribution in [0.1, 0.15) is 20.8 Å². The fraction of sp³-hybridized carbons (Fsp3) is 0.105. The summed E-state index contributed by atoms with van der Waals surface area (Å²) in [4.78, 5) is 12.6. The highest BCUT2D eigenvalue weighted by molar-refractivity contribution is 7.12. The zero-order valence-electron chi connectivity index (χ0n) is 13.4. The van der Waals surface area contributed by atoms with E-state index in [2.05, 4.69) is 5.32 Å². The number of halogens is 3. The lowest BCUT2D eigenvalue weighted by Crippen LogP contribution is -2.12. The van der Waals surface area contributed by atoms with Gasteiger partial charge in [-0.25, -0.2) is 0 Å². The van der Waals surface area contributed by atoms with Crippen LogP contribution in [-0.4, -0.2) is 5.91 Å². The Morgan fingerprint density at radius 1 is 1.04 bits per heavy atom. The Morgan fingerprint density at radius 2 is 1.81 bits per heavy atom. The van der Waals surface area contributed by atoms with E-state index >= 15 is 0 Å². The predicted molar refractivity (Wildman–Crippen MR) is 94.5 cm³/mol. The van der Waals surface area contributed by atoms with Gasteiger partial charge in [-0.2, -0.15) is 13.2 Å². The molecule has 0 fully saturated rings. The molecule has 0 atom stereocenters. The van der Waals surface area contributed by atoms with Crippen LogP contribution in [-0.2, 0) is 12.8 Å². The number of benzene rings is 2. The summed E-state index contributed by atoms with van der Waals surface area (Å²) in [5, 5.41) is 4.27. The lowest BCUT2D eigenvalue weighted by atomic mass is 10.2. The summed E-state index contributed by atoms with van der Waals surface area (Å²) in [6.45, 7) is 0.303. The number of nitrogens with one attached hydrogen (secondary N) is 1. The average Bonchev–Trinajstić information content (AvgIpc) is 3.10. The normalized spacial score (nSPS) is 11.2. The van der Waals surface area contributed by atoms with E-state index in [9.17, 15) is 18.0 Å². The maximum absolute atomic E-state index is 12.7. The molecule has 3 aromatic rings. The van der Waals surface area contributed by atoms with Crippen molar-refractivity contribution in [2.75, 3.05) is 5.32 Å². The van der Waals surface area contributed by atoms with Crippen LogP contribution in [0.3, 0.4) is 0 Å². The Bertz CT molecular complexity index is 891. The standard InChI is InChI=1S/C19H14F3NO2S/c20-19(21,22)14-5-4-6-15(10-14)23-18(24)17-9-13(12-26-17)11-25-16-7-2-1-3-8-16/h1-10,12H,11H2,(H,23,24). The van der Waals surface area contributed by atoms with E-state index in [1.54, 1.807) is 11.4 Å². The van der Waals surface area contributed by atoms with Crippen LogP contribution in [0, 0.1) is 0 Å². The number of carbonyl (C=O) groups excluding carboxylic acids is 1. The Morgan fingerprint density at radius 3 is 2.54 bits per heavy atom. The molecule has 134 valence electrons. The smallest absolute Gasteiger partial charge is 0.416 e. The van der Waals surface area contributed by atoms with Gasteiger partial charge in [0, 0.05) is 11.3 Å². The van der Waals surface area contributed by atoms with Crippen molar-refractivity contribution in [3.05, 3.63) is 82.0 Å². The van der Waals surface area contributed by atoms with Crippen molar-refractivity contribution in [1.29, 1.82) is 0 Å². The minimum Gasteiger partial charge on any atom is -0.489 e. The molecule has 1 aromatic heterocycles. The third kappa shape index (κ3) is 4.64. The minimum atomic E-state index is -4.45. The van der Waals surface area contributed by atoms with E-state index in [4.69, 9.17) is 4.74 Å². The SMILES string of the molecule is O=C(Nc1cccc(C(F)(F)F)c1)c1cc(COc2ccccc2)cs1. The van der Waals surface area contributed by atoms with Crippen LogP contribution >= 0.6 is 11.3 Å². The first-order valence-corrected chi connectivity index (χ1v) is 8.53. The van der Waals surface area contributed by atoms with Gasteiger partial charge in [0.25, 0.3) is 5.91 Å². The zero-order chi connectivity index (χ0) is 18.6. The first kappa shape index (κ1) is 18.0. The number of alkyl halides is 3. The Kier molecular flexibility index (Phi) is 5.27. The molecule has 0 spiro atoms. The van der Waals surface area contributed by atoms with Gasteiger partial charge in [-0.15, -0.1) is 11.3 Å². The first-order valence-electron chi connectivity index (χ1n) is 7.66. The van der Waals surface area contributed by atoms with Crippen molar-refractivity contribution in [2.24, 2.45) is 0 Å². The largest absolute Gasteiger partial charge is 0.489 e. The van der Waals surface area contributed by atoms with E-state index in [1.165, 1.54) is 23.5 Å². The number of anilines is 1. The van der Waals surface area contributed by atoms with Crippen molar-refractivity contribution < 1.29 is 22.7 Å². The predicted octanol–water partition coefficient (Wildman–Crippen LogP) is 5.60. The Balaban J connectivity index is 1.63. The molecule has 0 aliphatic heterocycles. The van der Waals surface area contributed by atoms with Crippen LogP contribution in [0.4, 0.5) is 18.9 Å². The number of carbonyl (C=O) groups is 1. The molecule has 2 aromatic carbocycles. The fourth-order valence-electron chi connectivity index (χ4n) is 2.22. The van der Waals surface area contributed by atoms with Gasteiger partial charge in [0.05, 0.1) is 10.4 Å². The maximum atomic E-state index is 12.7. The second-order valence-corrected chi connectivity index (χ2v) is 6.36. The quantitative estimate of drug-likeness (QED) is 0.629. The Hall–Kier alpha value is -2.80. The zero-order valence-corrected chi connectivity index (χ0v) is 14.2. The maximum Gasteiger partial charge on any atom is 0.416 e. The summed E-state index contributed by atoms with van der Waals surface area (Å²) >= 11 is 1.21. The summed E-state index contributed by atoms with van der Waals surface area (Å²) in [6, 6.07) is 15.5. The number of hydrogen-bond acceptors (Lipinski definition) is 3. The van der Waals surface area contributed by atoms with Crippen LogP contribution in [0.25, 0.3) is 0 Å². The summed E-state index contributed by atoms with van der Waals surface area (Å²) in [6.07, 6.45) is -4.45. The third-order valence-electron chi connectivity index (χ3n) is 3.47. The molecule has 0 unspecified atom stereocenters. The molecule has 7 heteroatoms. The molecule has 0 saturated heterocycles. The van der Waals surface area contributed by atoms with E-state index in [-0.39, 0.29) is 5.69 Å². The van der Waals surface area contributed by atoms with Gasteiger partial charge >= 0.3 is 6.18 Å². The molecular formula is C19H14F3NO2S. The summed E-state index contributed by atoms with van der Waals surface area (Å²) < 4.78 is 43.8. The molecule has 0 saturated carbocycles. The van der Waals surface area contributed by atoms with Gasteiger partial charge in [0.2, 0.25) is 0 Å². The van der Waals surface area contributed by atoms with Gasteiger partial charge in [0.1, 0.15) is 12.4 Å². The number of amides is 1.